The van der Waals surface area contributed by atoms with E-state index in [0.29, 0.717) is 11.4 Å². The predicted octanol–water partition coefficient (Wildman–Crippen LogP) is 2.14. The van der Waals surface area contributed by atoms with Gasteiger partial charge in [0, 0.05) is 34.1 Å². The van der Waals surface area contributed by atoms with E-state index >= 15 is 0 Å². The minimum absolute atomic E-state index is 0.191. The Hall–Kier alpha value is -1.95. The molecule has 1 aliphatic rings. The lowest BCUT2D eigenvalue weighted by Crippen LogP contribution is -2.32. The summed E-state index contributed by atoms with van der Waals surface area (Å²) in [6.07, 6.45) is 5.73. The third kappa shape index (κ3) is 3.69. The molecule has 2 N–H and O–H groups in total. The number of nitrogens with zero attached hydrogens (tertiary/aromatic N) is 1. The molecular formula is C17H21N3O2S. The molecule has 0 radical (unpaired) electrons. The quantitative estimate of drug-likeness (QED) is 0.881. The van der Waals surface area contributed by atoms with Gasteiger partial charge in [-0.1, -0.05) is 30.3 Å². The van der Waals surface area contributed by atoms with Crippen LogP contribution in [-0.2, 0) is 23.6 Å². The van der Waals surface area contributed by atoms with Gasteiger partial charge >= 0.3 is 0 Å². The molecular weight excluding hydrogens is 310 g/mol. The molecule has 0 aliphatic heterocycles. The van der Waals surface area contributed by atoms with Gasteiger partial charge in [-0.05, 0) is 31.2 Å². The summed E-state index contributed by atoms with van der Waals surface area (Å²) >= 11 is 0. The van der Waals surface area contributed by atoms with Crippen LogP contribution in [0.5, 0.6) is 0 Å². The summed E-state index contributed by atoms with van der Waals surface area (Å²) in [5.74, 6) is 0.200. The molecule has 1 aromatic heterocycles. The first-order valence-corrected chi connectivity index (χ1v) is 9.60. The molecule has 5 nitrogen and oxygen atoms in total. The number of aromatic amines is 1. The normalized spacial score (nSPS) is 16.4. The minimum atomic E-state index is -1.00. The number of H-pyrrole nitrogens is 1. The first-order chi connectivity index (χ1) is 11.1. The van der Waals surface area contributed by atoms with Crippen molar-refractivity contribution in [1.29, 1.82) is 0 Å². The fourth-order valence-electron chi connectivity index (χ4n) is 3.04. The lowest BCUT2D eigenvalue weighted by molar-refractivity contribution is 0.0934. The summed E-state index contributed by atoms with van der Waals surface area (Å²) in [4.78, 5) is 12.7. The van der Waals surface area contributed by atoms with Crippen LogP contribution in [0.3, 0.4) is 0 Å². The van der Waals surface area contributed by atoms with Crippen molar-refractivity contribution in [3.63, 3.8) is 0 Å². The van der Waals surface area contributed by atoms with E-state index in [1.165, 1.54) is 0 Å². The Morgan fingerprint density at radius 3 is 2.78 bits per heavy atom. The third-order valence-electron chi connectivity index (χ3n) is 4.18. The lowest BCUT2D eigenvalue weighted by atomic mass is 9.95. The number of fused-ring (bicyclic) bond motifs is 1. The summed E-state index contributed by atoms with van der Waals surface area (Å²) in [6.45, 7) is 0. The Morgan fingerprint density at radius 2 is 2.04 bits per heavy atom. The molecule has 1 amide bonds. The van der Waals surface area contributed by atoms with Gasteiger partial charge < -0.3 is 5.32 Å². The summed E-state index contributed by atoms with van der Waals surface area (Å²) in [5, 5.41) is 10.2. The Labute approximate surface area is 138 Å². The van der Waals surface area contributed by atoms with Crippen LogP contribution < -0.4 is 5.32 Å². The number of hydrogen-bond acceptors (Lipinski definition) is 3. The maximum atomic E-state index is 12.7. The number of rotatable bonds is 5. The highest BCUT2D eigenvalue weighted by atomic mass is 32.2. The molecule has 0 bridgehead atoms. The van der Waals surface area contributed by atoms with Gasteiger partial charge in [-0.15, -0.1) is 0 Å². The van der Waals surface area contributed by atoms with Crippen molar-refractivity contribution < 1.29 is 9.00 Å². The second kappa shape index (κ2) is 7.08. The van der Waals surface area contributed by atoms with Gasteiger partial charge in [0.1, 0.15) is 0 Å². The maximum Gasteiger partial charge on any atom is 0.272 e. The number of carbonyl (C=O) groups is 1. The van der Waals surface area contributed by atoms with Crippen LogP contribution in [0.25, 0.3) is 0 Å². The Bertz CT molecular complexity index is 712. The molecule has 1 heterocycles. The molecule has 23 heavy (non-hydrogen) atoms. The van der Waals surface area contributed by atoms with Crippen molar-refractivity contribution in [3.8, 4) is 0 Å². The van der Waals surface area contributed by atoms with Gasteiger partial charge in [0.05, 0.1) is 6.04 Å². The highest BCUT2D eigenvalue weighted by molar-refractivity contribution is 7.84. The number of amides is 1. The van der Waals surface area contributed by atoms with Crippen molar-refractivity contribution >= 4 is 16.7 Å². The molecule has 3 rings (SSSR count). The van der Waals surface area contributed by atoms with Crippen molar-refractivity contribution in [2.75, 3.05) is 12.0 Å². The van der Waals surface area contributed by atoms with Crippen LogP contribution in [0.4, 0.5) is 0 Å². The summed E-state index contributed by atoms with van der Waals surface area (Å²) in [6, 6.07) is 9.38. The minimum Gasteiger partial charge on any atom is -0.343 e. The van der Waals surface area contributed by atoms with Crippen LogP contribution in [0.2, 0.25) is 0 Å². The summed E-state index contributed by atoms with van der Waals surface area (Å²) in [5.41, 5.74) is 3.57. The van der Waals surface area contributed by atoms with E-state index in [9.17, 15) is 9.00 Å². The van der Waals surface area contributed by atoms with Crippen LogP contribution in [-0.4, -0.2) is 32.3 Å². The second-order valence-electron chi connectivity index (χ2n) is 5.91. The molecule has 122 valence electrons. The van der Waals surface area contributed by atoms with E-state index in [1.807, 2.05) is 30.3 Å². The molecule has 0 fully saturated rings. The fraction of sp³-hybridized carbons (Fsp3) is 0.412. The zero-order chi connectivity index (χ0) is 16.2. The average Bonchev–Trinajstić information content (AvgIpc) is 2.99. The SMILES string of the molecule is CS(=O)CC(NC(=O)c1n[nH]c2c1CCCC2)c1ccccc1. The molecule has 1 aliphatic carbocycles. The first-order valence-electron chi connectivity index (χ1n) is 7.87. The van der Waals surface area contributed by atoms with E-state index in [0.717, 1.165) is 42.5 Å². The van der Waals surface area contributed by atoms with Crippen molar-refractivity contribution in [1.82, 2.24) is 15.5 Å². The number of aromatic nitrogens is 2. The molecule has 0 spiro atoms. The van der Waals surface area contributed by atoms with Gasteiger partial charge in [-0.2, -0.15) is 5.10 Å². The predicted molar refractivity (Wildman–Crippen MR) is 90.8 cm³/mol. The highest BCUT2D eigenvalue weighted by Crippen LogP contribution is 2.23. The van der Waals surface area contributed by atoms with Crippen LogP contribution in [0.1, 0.15) is 46.2 Å². The van der Waals surface area contributed by atoms with Gasteiger partial charge in [0.2, 0.25) is 0 Å². The molecule has 2 atom stereocenters. The number of aryl methyl sites for hydroxylation is 1. The monoisotopic (exact) mass is 331 g/mol. The first kappa shape index (κ1) is 15.9. The standard InChI is InChI=1S/C17H21N3O2S/c1-23(22)11-15(12-7-3-2-4-8-12)18-17(21)16-13-9-5-6-10-14(13)19-20-16/h2-4,7-8,15H,5-6,9-11H2,1H3,(H,18,21)(H,19,20). The molecule has 2 unspecified atom stereocenters. The number of carbonyl (C=O) groups excluding carboxylic acids is 1. The third-order valence-corrected chi connectivity index (χ3v) is 4.98. The Kier molecular flexibility index (Phi) is 4.91. The fourth-order valence-corrected chi connectivity index (χ4v) is 3.78. The van der Waals surface area contributed by atoms with Crippen LogP contribution in [0.15, 0.2) is 30.3 Å². The topological polar surface area (TPSA) is 74.8 Å². The number of benzene rings is 1. The van der Waals surface area contributed by atoms with E-state index < -0.39 is 10.8 Å². The average molecular weight is 331 g/mol. The smallest absolute Gasteiger partial charge is 0.272 e. The zero-order valence-corrected chi connectivity index (χ0v) is 14.0. The van der Waals surface area contributed by atoms with E-state index in [1.54, 1.807) is 6.26 Å². The van der Waals surface area contributed by atoms with E-state index in [4.69, 9.17) is 0 Å². The molecule has 2 aromatic rings. The second-order valence-corrected chi connectivity index (χ2v) is 7.39. The van der Waals surface area contributed by atoms with Crippen molar-refractivity contribution in [3.05, 3.63) is 52.8 Å². The summed E-state index contributed by atoms with van der Waals surface area (Å²) < 4.78 is 11.7. The van der Waals surface area contributed by atoms with E-state index in [-0.39, 0.29) is 11.9 Å². The zero-order valence-electron chi connectivity index (χ0n) is 13.2. The largest absolute Gasteiger partial charge is 0.343 e. The summed E-state index contributed by atoms with van der Waals surface area (Å²) in [7, 11) is -1.00. The van der Waals surface area contributed by atoms with Crippen molar-refractivity contribution in [2.45, 2.75) is 31.7 Å². The Balaban J connectivity index is 1.81. The molecule has 0 saturated carbocycles. The highest BCUT2D eigenvalue weighted by Gasteiger charge is 2.24. The van der Waals surface area contributed by atoms with Gasteiger partial charge in [-0.3, -0.25) is 14.1 Å². The molecule has 0 saturated heterocycles. The van der Waals surface area contributed by atoms with Gasteiger partial charge in [0.25, 0.3) is 5.91 Å². The lowest BCUT2D eigenvalue weighted by Gasteiger charge is -2.18. The number of nitrogens with one attached hydrogen (secondary N) is 2. The molecule has 6 heteroatoms. The van der Waals surface area contributed by atoms with Gasteiger partial charge in [-0.25, -0.2) is 0 Å². The maximum absolute atomic E-state index is 12.7. The van der Waals surface area contributed by atoms with Gasteiger partial charge in [0.15, 0.2) is 5.69 Å². The van der Waals surface area contributed by atoms with Crippen LogP contribution in [0, 0.1) is 0 Å². The Morgan fingerprint density at radius 1 is 1.30 bits per heavy atom. The number of hydrogen-bond donors (Lipinski definition) is 2. The van der Waals surface area contributed by atoms with Crippen LogP contribution >= 0.6 is 0 Å². The van der Waals surface area contributed by atoms with Crippen molar-refractivity contribution in [2.24, 2.45) is 0 Å². The molecule has 1 aromatic carbocycles. The van der Waals surface area contributed by atoms with E-state index in [2.05, 4.69) is 15.5 Å².